The van der Waals surface area contributed by atoms with Crippen LogP contribution in [0.1, 0.15) is 115 Å². The van der Waals surface area contributed by atoms with Crippen LogP contribution in [0.3, 0.4) is 0 Å². The molecule has 0 radical (unpaired) electrons. The third kappa shape index (κ3) is 11.0. The van der Waals surface area contributed by atoms with Crippen molar-refractivity contribution in [3.05, 3.63) is 23.3 Å². The van der Waals surface area contributed by atoms with E-state index in [1.165, 1.54) is 26.8 Å². The molecular formula is C60H94O27. The van der Waals surface area contributed by atoms with E-state index in [0.29, 0.717) is 25.7 Å². The van der Waals surface area contributed by atoms with E-state index in [4.69, 9.17) is 47.4 Å². The number of allylic oxidation sites excluding steroid dienone is 2. The molecule has 5 aliphatic carbocycles. The molecular weight excluding hydrogens is 1150 g/mol. The first-order chi connectivity index (χ1) is 40.6. The zero-order chi connectivity index (χ0) is 64.3. The minimum atomic E-state index is -2.15. The van der Waals surface area contributed by atoms with Gasteiger partial charge in [-0.15, -0.1) is 0 Å². The molecule has 14 N–H and O–H groups in total. The molecule has 0 aromatic carbocycles. The van der Waals surface area contributed by atoms with Gasteiger partial charge in [-0.2, -0.15) is 0 Å². The Kier molecular flexibility index (Phi) is 19.5. The lowest BCUT2D eigenvalue weighted by atomic mass is 9.32. The van der Waals surface area contributed by atoms with E-state index in [1.54, 1.807) is 6.92 Å². The highest BCUT2D eigenvalue weighted by Crippen LogP contribution is 2.76. The van der Waals surface area contributed by atoms with Gasteiger partial charge in [0.2, 0.25) is 0 Å². The minimum absolute atomic E-state index is 0.195. The van der Waals surface area contributed by atoms with Gasteiger partial charge in [-0.1, -0.05) is 66.2 Å². The van der Waals surface area contributed by atoms with Crippen LogP contribution in [0.25, 0.3) is 0 Å². The fourth-order valence-corrected chi connectivity index (χ4v) is 17.5. The maximum atomic E-state index is 13.3. The third-order valence-electron chi connectivity index (χ3n) is 22.7. The molecule has 9 rings (SSSR count). The molecule has 0 bridgehead atoms. The van der Waals surface area contributed by atoms with Crippen molar-refractivity contribution in [1.29, 1.82) is 0 Å². The highest BCUT2D eigenvalue weighted by molar-refractivity contribution is 5.87. The summed E-state index contributed by atoms with van der Waals surface area (Å²) in [7, 11) is 0. The summed E-state index contributed by atoms with van der Waals surface area (Å²) in [6.45, 7) is 17.4. The predicted octanol–water partition coefficient (Wildman–Crippen LogP) is -1.83. The Labute approximate surface area is 505 Å². The quantitative estimate of drug-likeness (QED) is 0.0371. The van der Waals surface area contributed by atoms with Crippen LogP contribution in [0.2, 0.25) is 0 Å². The average molecular weight is 1250 g/mol. The lowest BCUT2D eigenvalue weighted by molar-refractivity contribution is -0.386. The molecule has 9 aliphatic rings. The Morgan fingerprint density at radius 1 is 0.621 bits per heavy atom. The molecule has 496 valence electrons. The van der Waals surface area contributed by atoms with Gasteiger partial charge in [-0.25, -0.2) is 9.59 Å². The largest absolute Gasteiger partial charge is 0.479 e. The van der Waals surface area contributed by atoms with E-state index in [9.17, 15) is 85.9 Å². The Morgan fingerprint density at radius 3 is 1.78 bits per heavy atom. The molecule has 4 heterocycles. The monoisotopic (exact) mass is 1250 g/mol. The van der Waals surface area contributed by atoms with Gasteiger partial charge in [0.15, 0.2) is 37.4 Å². The van der Waals surface area contributed by atoms with E-state index in [2.05, 4.69) is 19.9 Å². The predicted molar refractivity (Wildman–Crippen MR) is 294 cm³/mol. The number of hydrogen-bond acceptors (Lipinski definition) is 26. The summed E-state index contributed by atoms with van der Waals surface area (Å²) in [4.78, 5) is 39.2. The van der Waals surface area contributed by atoms with E-state index in [1.807, 2.05) is 34.6 Å². The third-order valence-corrected chi connectivity index (χ3v) is 22.7. The number of aliphatic carboxylic acids is 1. The Morgan fingerprint density at radius 2 is 1.21 bits per heavy atom. The fraction of sp³-hybridized carbons (Fsp3) is 0.883. The van der Waals surface area contributed by atoms with Crippen molar-refractivity contribution in [2.75, 3.05) is 19.8 Å². The van der Waals surface area contributed by atoms with Crippen molar-refractivity contribution in [3.8, 4) is 0 Å². The Bertz CT molecular complexity index is 2560. The number of rotatable bonds is 15. The molecule has 87 heavy (non-hydrogen) atoms. The molecule has 4 saturated heterocycles. The minimum Gasteiger partial charge on any atom is -0.479 e. The highest BCUT2D eigenvalue weighted by atomic mass is 16.8. The van der Waals surface area contributed by atoms with Crippen molar-refractivity contribution in [2.24, 2.45) is 50.2 Å². The summed E-state index contributed by atoms with van der Waals surface area (Å²) in [6.07, 6.45) is -34.0. The van der Waals surface area contributed by atoms with Gasteiger partial charge in [0.05, 0.1) is 49.7 Å². The number of carbonyl (C=O) groups is 3. The normalized spacial score (nSPS) is 51.2. The summed E-state index contributed by atoms with van der Waals surface area (Å²) in [5.74, 6) is -4.39. The summed E-state index contributed by atoms with van der Waals surface area (Å²) in [6, 6.07) is 0. The zero-order valence-electron chi connectivity index (χ0n) is 51.2. The zero-order valence-corrected chi connectivity index (χ0v) is 51.2. The molecule has 27 nitrogen and oxygen atoms in total. The van der Waals surface area contributed by atoms with Gasteiger partial charge in [0.25, 0.3) is 0 Å². The second-order valence-electron chi connectivity index (χ2n) is 28.0. The number of ether oxygens (including phenoxy) is 10. The molecule has 0 amide bonds. The van der Waals surface area contributed by atoms with Gasteiger partial charge in [-0.3, -0.25) is 4.79 Å². The van der Waals surface area contributed by atoms with Crippen LogP contribution in [0.15, 0.2) is 23.3 Å². The van der Waals surface area contributed by atoms with E-state index in [0.717, 1.165) is 5.57 Å². The molecule has 0 aromatic heterocycles. The Hall–Kier alpha value is -2.95. The standard InChI is InChI=1S/C60H94O27/c1-12-23(2)50(77)83-41-33(65)24(3)78-53(40(41)72)87-47-48(79-25(4)64)60(22-63)27(19-55(47,5)6)26-13-14-31-57(9)17-16-32(56(7,8)30(57)15-18-58(31,10)59(26,11)45(73)46(60)74)82-54-44(86-52-38(70)36(68)34(66)28(20-61)80-52)42(39(71)43(85-54)49(75)76)84-51-37(69)35(67)29(21-62)81-51/h12-13,24,27-48,51-54,61-63,65-74H,14-22H2,1-11H3,(H,75,76)/b23-12-/t24-,27?,28+,29+,30?,31?,32-,33-,34-,35+,36-,37-,38+,39-,40+,41+,42-,43-,44+,45+,46-,47-,48+,51+,52-,53-,54-,57-,58+,59-,60-/m0/s1. The van der Waals surface area contributed by atoms with Crippen LogP contribution in [0, 0.1) is 50.2 Å². The molecule has 4 aliphatic heterocycles. The van der Waals surface area contributed by atoms with E-state index >= 15 is 0 Å². The first-order valence-corrected chi connectivity index (χ1v) is 30.4. The number of aliphatic hydroxyl groups excluding tert-OH is 13. The summed E-state index contributed by atoms with van der Waals surface area (Å²) < 4.78 is 61.0. The number of carboxylic acids is 1. The van der Waals surface area contributed by atoms with Crippen LogP contribution in [0.4, 0.5) is 0 Å². The van der Waals surface area contributed by atoms with Crippen molar-refractivity contribution < 1.29 is 133 Å². The maximum Gasteiger partial charge on any atom is 0.335 e. The SMILES string of the molecule is C/C=C(/C)C(=O)O[C@@H]1[C@@H](O)[C@H](C)O[C@@H](O[C@H]2[C@@H](OC(C)=O)[C@@]3(CO)C(CC2(C)C)C2=CCC4[C@@]5(C)CC[C@H](O[C@H]6O[C@H](C(=O)O)[C@@H](O)[C@H](O[C@H]7O[C@H](CO)[C@@H](O)[C@@H]7O)[C@H]6O[C@@H]6O[C@H](CO)[C@H](O)[C@H](O)[C@H]6O)C(C)(C)C5CC[C@@]4(C)[C@]2(C)[C@H](O)[C@@H]3O)[C@@H]1O. The van der Waals surface area contributed by atoms with Crippen molar-refractivity contribution >= 4 is 17.9 Å². The number of esters is 2. The fourth-order valence-electron chi connectivity index (χ4n) is 17.5. The summed E-state index contributed by atoms with van der Waals surface area (Å²) in [5.41, 5.74) is -5.21. The van der Waals surface area contributed by atoms with Crippen LogP contribution in [-0.2, 0) is 61.8 Å². The molecule has 8 fully saturated rings. The second kappa shape index (κ2) is 24.8. The van der Waals surface area contributed by atoms with Gasteiger partial charge in [-0.05, 0) is 98.7 Å². The van der Waals surface area contributed by atoms with Gasteiger partial charge < -0.3 is 119 Å². The van der Waals surface area contributed by atoms with Gasteiger partial charge in [0.1, 0.15) is 85.5 Å². The van der Waals surface area contributed by atoms with E-state index < -0.39 is 223 Å². The van der Waals surface area contributed by atoms with Gasteiger partial charge >= 0.3 is 17.9 Å². The summed E-state index contributed by atoms with van der Waals surface area (Å²) in [5, 5.41) is 157. The Balaban J connectivity index is 1.03. The second-order valence-corrected chi connectivity index (χ2v) is 28.0. The van der Waals surface area contributed by atoms with Gasteiger partial charge in [0, 0.05) is 17.9 Å². The van der Waals surface area contributed by atoms with Crippen LogP contribution >= 0.6 is 0 Å². The van der Waals surface area contributed by atoms with Crippen LogP contribution in [0.5, 0.6) is 0 Å². The number of fused-ring (bicyclic) bond motifs is 7. The van der Waals surface area contributed by atoms with Crippen molar-refractivity contribution in [3.63, 3.8) is 0 Å². The number of carbonyl (C=O) groups excluding carboxylic acids is 2. The lowest BCUT2D eigenvalue weighted by Crippen LogP contribution is -2.77. The van der Waals surface area contributed by atoms with Crippen LogP contribution in [-0.4, -0.2) is 256 Å². The molecule has 3 unspecified atom stereocenters. The summed E-state index contributed by atoms with van der Waals surface area (Å²) >= 11 is 0. The molecule has 4 saturated carbocycles. The van der Waals surface area contributed by atoms with Crippen molar-refractivity contribution in [1.82, 2.24) is 0 Å². The number of aliphatic hydroxyl groups is 13. The molecule has 0 spiro atoms. The highest BCUT2D eigenvalue weighted by Gasteiger charge is 2.76. The maximum absolute atomic E-state index is 13.3. The smallest absolute Gasteiger partial charge is 0.335 e. The van der Waals surface area contributed by atoms with Crippen molar-refractivity contribution in [2.45, 2.75) is 262 Å². The topological polar surface area (TPSA) is 427 Å². The lowest BCUT2D eigenvalue weighted by Gasteiger charge is -2.73. The molecule has 31 atom stereocenters. The number of carboxylic acid groups (broad SMARTS) is 1. The van der Waals surface area contributed by atoms with Crippen LogP contribution < -0.4 is 0 Å². The molecule has 27 heteroatoms. The van der Waals surface area contributed by atoms with E-state index in [-0.39, 0.29) is 30.3 Å². The average Bonchev–Trinajstić information content (AvgIpc) is 0.902. The number of hydrogen-bond donors (Lipinski definition) is 14. The molecule has 0 aromatic rings. The first-order valence-electron chi connectivity index (χ1n) is 30.4. The first kappa shape index (κ1) is 68.4.